The molecule has 0 unspecified atom stereocenters. The number of aromatic hydroxyl groups is 1. The van der Waals surface area contributed by atoms with E-state index in [1.807, 2.05) is 24.3 Å². The fourth-order valence-electron chi connectivity index (χ4n) is 2.17. The maximum absolute atomic E-state index is 11.7. The summed E-state index contributed by atoms with van der Waals surface area (Å²) >= 11 is 0. The van der Waals surface area contributed by atoms with E-state index in [2.05, 4.69) is 10.2 Å². The molecule has 1 aromatic heterocycles. The molecule has 1 heterocycles. The van der Waals surface area contributed by atoms with E-state index in [0.29, 0.717) is 11.8 Å². The first-order valence-corrected chi connectivity index (χ1v) is 5.98. The lowest BCUT2D eigenvalue weighted by Crippen LogP contribution is -2.11. The zero-order valence-electron chi connectivity index (χ0n) is 10.1. The van der Waals surface area contributed by atoms with Crippen LogP contribution in [0, 0.1) is 0 Å². The third-order valence-corrected chi connectivity index (χ3v) is 3.06. The van der Waals surface area contributed by atoms with Crippen LogP contribution in [0.1, 0.15) is 11.3 Å². The van der Waals surface area contributed by atoms with Gasteiger partial charge in [0.05, 0.1) is 11.1 Å². The number of nitrogens with one attached hydrogen (secondary N) is 1. The van der Waals surface area contributed by atoms with E-state index < -0.39 is 0 Å². The molecule has 3 aromatic rings. The van der Waals surface area contributed by atoms with E-state index in [-0.39, 0.29) is 11.3 Å². The van der Waals surface area contributed by atoms with Crippen LogP contribution >= 0.6 is 0 Å². The zero-order chi connectivity index (χ0) is 13.2. The number of phenols is 1. The van der Waals surface area contributed by atoms with Gasteiger partial charge in [-0.1, -0.05) is 30.3 Å². The van der Waals surface area contributed by atoms with E-state index in [1.165, 1.54) is 0 Å². The van der Waals surface area contributed by atoms with E-state index in [4.69, 9.17) is 0 Å². The van der Waals surface area contributed by atoms with Crippen LogP contribution in [0.3, 0.4) is 0 Å². The Morgan fingerprint density at radius 2 is 1.84 bits per heavy atom. The summed E-state index contributed by atoms with van der Waals surface area (Å²) in [4.78, 5) is 11.7. The number of aromatic amines is 1. The van der Waals surface area contributed by atoms with Crippen molar-refractivity contribution in [1.29, 1.82) is 0 Å². The molecule has 4 nitrogen and oxygen atoms in total. The second kappa shape index (κ2) is 4.57. The predicted octanol–water partition coefficient (Wildman–Crippen LogP) is 2.22. The third kappa shape index (κ3) is 2.20. The van der Waals surface area contributed by atoms with Crippen LogP contribution in [-0.2, 0) is 6.42 Å². The van der Waals surface area contributed by atoms with Crippen molar-refractivity contribution in [2.24, 2.45) is 0 Å². The minimum Gasteiger partial charge on any atom is -0.508 e. The molecule has 0 aliphatic heterocycles. The van der Waals surface area contributed by atoms with Crippen molar-refractivity contribution in [3.63, 3.8) is 0 Å². The summed E-state index contributed by atoms with van der Waals surface area (Å²) in [5.74, 6) is 0.228. The summed E-state index contributed by atoms with van der Waals surface area (Å²) in [5, 5.41) is 17.6. The van der Waals surface area contributed by atoms with E-state index in [0.717, 1.165) is 16.6 Å². The van der Waals surface area contributed by atoms with Crippen LogP contribution in [0.5, 0.6) is 5.75 Å². The average Bonchev–Trinajstić information content (AvgIpc) is 2.42. The largest absolute Gasteiger partial charge is 0.508 e. The van der Waals surface area contributed by atoms with Crippen molar-refractivity contribution >= 4 is 10.8 Å². The number of phenolic OH excluding ortho intramolecular Hbond substituents is 1. The molecule has 2 aromatic carbocycles. The molecular weight excluding hydrogens is 240 g/mol. The van der Waals surface area contributed by atoms with Gasteiger partial charge in [0.2, 0.25) is 0 Å². The lowest BCUT2D eigenvalue weighted by molar-refractivity contribution is 0.474. The Morgan fingerprint density at radius 3 is 2.63 bits per heavy atom. The maximum atomic E-state index is 11.7. The summed E-state index contributed by atoms with van der Waals surface area (Å²) in [5.41, 5.74) is 1.56. The Bertz CT molecular complexity index is 793. The molecule has 2 N–H and O–H groups in total. The van der Waals surface area contributed by atoms with E-state index in [9.17, 15) is 9.90 Å². The molecule has 0 amide bonds. The number of rotatable bonds is 2. The first-order chi connectivity index (χ1) is 9.24. The normalized spacial score (nSPS) is 10.7. The van der Waals surface area contributed by atoms with Gasteiger partial charge in [0, 0.05) is 11.8 Å². The van der Waals surface area contributed by atoms with Crippen LogP contribution in [0.25, 0.3) is 10.8 Å². The number of H-pyrrole nitrogens is 1. The molecule has 0 aliphatic carbocycles. The summed E-state index contributed by atoms with van der Waals surface area (Å²) in [6.07, 6.45) is 0.561. The monoisotopic (exact) mass is 252 g/mol. The van der Waals surface area contributed by atoms with Crippen LogP contribution < -0.4 is 5.56 Å². The van der Waals surface area contributed by atoms with Crippen molar-refractivity contribution in [2.75, 3.05) is 0 Å². The van der Waals surface area contributed by atoms with E-state index >= 15 is 0 Å². The fourth-order valence-corrected chi connectivity index (χ4v) is 2.17. The molecule has 0 saturated carbocycles. The standard InChI is InChI=1S/C15H12N2O2/c18-11-5-3-4-10(8-11)9-14-12-6-1-2-7-13(12)15(19)17-16-14/h1-8,18H,9H2,(H,17,19). The second-order valence-corrected chi connectivity index (χ2v) is 4.39. The van der Waals surface area contributed by atoms with Gasteiger partial charge in [-0.25, -0.2) is 5.10 Å². The van der Waals surface area contributed by atoms with Crippen molar-refractivity contribution in [3.8, 4) is 5.75 Å². The quantitative estimate of drug-likeness (QED) is 0.735. The molecular formula is C15H12N2O2. The molecule has 0 atom stereocenters. The summed E-state index contributed by atoms with van der Waals surface area (Å²) in [6, 6.07) is 14.4. The van der Waals surface area contributed by atoms with Crippen LogP contribution in [-0.4, -0.2) is 15.3 Å². The van der Waals surface area contributed by atoms with Crippen molar-refractivity contribution in [2.45, 2.75) is 6.42 Å². The lowest BCUT2D eigenvalue weighted by atomic mass is 10.0. The number of nitrogens with zero attached hydrogens (tertiary/aromatic N) is 1. The van der Waals surface area contributed by atoms with Gasteiger partial charge >= 0.3 is 0 Å². The summed E-state index contributed by atoms with van der Waals surface area (Å²) in [7, 11) is 0. The van der Waals surface area contributed by atoms with Crippen molar-refractivity contribution in [3.05, 3.63) is 70.1 Å². The Morgan fingerprint density at radius 1 is 1.05 bits per heavy atom. The molecule has 0 spiro atoms. The number of aromatic nitrogens is 2. The Labute approximate surface area is 109 Å². The maximum Gasteiger partial charge on any atom is 0.272 e. The number of hydrogen-bond acceptors (Lipinski definition) is 3. The van der Waals surface area contributed by atoms with Crippen molar-refractivity contribution in [1.82, 2.24) is 10.2 Å². The van der Waals surface area contributed by atoms with Crippen LogP contribution in [0.4, 0.5) is 0 Å². The average molecular weight is 252 g/mol. The smallest absolute Gasteiger partial charge is 0.272 e. The first-order valence-electron chi connectivity index (χ1n) is 5.98. The molecule has 0 radical (unpaired) electrons. The van der Waals surface area contributed by atoms with Gasteiger partial charge in [-0.15, -0.1) is 0 Å². The third-order valence-electron chi connectivity index (χ3n) is 3.06. The molecule has 0 aliphatic rings. The summed E-state index contributed by atoms with van der Waals surface area (Å²) < 4.78 is 0. The van der Waals surface area contributed by atoms with Gasteiger partial charge in [-0.05, 0) is 23.8 Å². The van der Waals surface area contributed by atoms with Gasteiger partial charge < -0.3 is 5.11 Å². The predicted molar refractivity (Wildman–Crippen MR) is 73.3 cm³/mol. The highest BCUT2D eigenvalue weighted by molar-refractivity contribution is 5.83. The zero-order valence-corrected chi connectivity index (χ0v) is 10.1. The fraction of sp³-hybridized carbons (Fsp3) is 0.0667. The van der Waals surface area contributed by atoms with E-state index in [1.54, 1.807) is 24.3 Å². The van der Waals surface area contributed by atoms with Gasteiger partial charge in [0.25, 0.3) is 5.56 Å². The highest BCUT2D eigenvalue weighted by atomic mass is 16.3. The first kappa shape index (κ1) is 11.5. The molecule has 19 heavy (non-hydrogen) atoms. The van der Waals surface area contributed by atoms with Crippen molar-refractivity contribution < 1.29 is 5.11 Å². The minimum absolute atomic E-state index is 0.185. The highest BCUT2D eigenvalue weighted by Crippen LogP contribution is 2.18. The number of fused-ring (bicyclic) bond motifs is 1. The van der Waals surface area contributed by atoms with Gasteiger partial charge in [0.15, 0.2) is 0 Å². The second-order valence-electron chi connectivity index (χ2n) is 4.39. The number of hydrogen-bond donors (Lipinski definition) is 2. The molecule has 0 saturated heterocycles. The van der Waals surface area contributed by atoms with Gasteiger partial charge in [-0.2, -0.15) is 5.10 Å². The van der Waals surface area contributed by atoms with Crippen LogP contribution in [0.15, 0.2) is 53.3 Å². The molecule has 0 bridgehead atoms. The molecule has 3 rings (SSSR count). The Balaban J connectivity index is 2.11. The molecule has 94 valence electrons. The molecule has 0 fully saturated rings. The van der Waals surface area contributed by atoms with Crippen LogP contribution in [0.2, 0.25) is 0 Å². The van der Waals surface area contributed by atoms with Gasteiger partial charge in [0.1, 0.15) is 5.75 Å². The lowest BCUT2D eigenvalue weighted by Gasteiger charge is -2.05. The minimum atomic E-state index is -0.185. The Kier molecular flexibility index (Phi) is 2.76. The topological polar surface area (TPSA) is 66.0 Å². The summed E-state index contributed by atoms with van der Waals surface area (Å²) in [6.45, 7) is 0. The van der Waals surface area contributed by atoms with Gasteiger partial charge in [-0.3, -0.25) is 4.79 Å². The highest BCUT2D eigenvalue weighted by Gasteiger charge is 2.06. The SMILES string of the molecule is O=c1[nH]nc(Cc2cccc(O)c2)c2ccccc12. The molecule has 4 heteroatoms. The Hall–Kier alpha value is -2.62. The number of benzene rings is 2.